The van der Waals surface area contributed by atoms with E-state index in [1.165, 1.54) is 57.8 Å². The summed E-state index contributed by atoms with van der Waals surface area (Å²) in [6, 6.07) is 0. The van der Waals surface area contributed by atoms with E-state index in [4.69, 9.17) is 23.3 Å². The summed E-state index contributed by atoms with van der Waals surface area (Å²) in [5.74, 6) is -1.72. The molecular weight excluding hydrogens is 952 g/mol. The minimum atomic E-state index is -4.80. The predicted octanol–water partition coefficient (Wildman–Crippen LogP) is 16.6. The third-order valence-electron chi connectivity index (χ3n) is 11.1. The maximum Gasteiger partial charge on any atom is 0.472 e. The van der Waals surface area contributed by atoms with Gasteiger partial charge in [-0.05, 0) is 83.5 Å². The summed E-state index contributed by atoms with van der Waals surface area (Å²) in [6.45, 7) is 4.20. The maximum atomic E-state index is 12.9. The number of aliphatic hydroxyl groups is 1. The van der Waals surface area contributed by atoms with E-state index < -0.39 is 57.8 Å². The van der Waals surface area contributed by atoms with E-state index in [2.05, 4.69) is 118 Å². The lowest BCUT2D eigenvalue weighted by Crippen LogP contribution is -2.30. The second kappa shape index (κ2) is 54.9. The Kier molecular flexibility index (Phi) is 51.6. The van der Waals surface area contributed by atoms with Gasteiger partial charge in [-0.3, -0.25) is 23.4 Å². The van der Waals surface area contributed by atoms with Crippen molar-refractivity contribution in [1.82, 2.24) is 0 Å². The first kappa shape index (κ1) is 69.6. The van der Waals surface area contributed by atoms with Crippen molar-refractivity contribution in [3.8, 4) is 0 Å². The Morgan fingerprint density at radius 2 is 0.757 bits per heavy atom. The molecule has 11 nitrogen and oxygen atoms in total. The summed E-state index contributed by atoms with van der Waals surface area (Å²) in [5, 5.41) is 9.78. The molecule has 0 aliphatic rings. The van der Waals surface area contributed by atoms with E-state index in [1.807, 2.05) is 30.4 Å². The van der Waals surface area contributed by atoms with Crippen LogP contribution in [0.15, 0.2) is 134 Å². The molecular formula is C62H99O11P. The van der Waals surface area contributed by atoms with Gasteiger partial charge in [-0.1, -0.05) is 231 Å². The van der Waals surface area contributed by atoms with E-state index in [0.29, 0.717) is 25.7 Å². The second-order valence-electron chi connectivity index (χ2n) is 18.0. The largest absolute Gasteiger partial charge is 0.472 e. The van der Waals surface area contributed by atoms with Gasteiger partial charge >= 0.3 is 25.7 Å². The Morgan fingerprint density at radius 3 is 1.16 bits per heavy atom. The van der Waals surface area contributed by atoms with Gasteiger partial charge in [0.2, 0.25) is 0 Å². The number of hydrogen-bond donors (Lipinski definition) is 2. The molecule has 0 saturated heterocycles. The van der Waals surface area contributed by atoms with Gasteiger partial charge in [-0.15, -0.1) is 0 Å². The summed E-state index contributed by atoms with van der Waals surface area (Å²) >= 11 is 0. The van der Waals surface area contributed by atoms with E-state index >= 15 is 0 Å². The third kappa shape index (κ3) is 52.5. The molecule has 0 heterocycles. The number of allylic oxidation sites excluding steroid dienone is 21. The van der Waals surface area contributed by atoms with Gasteiger partial charge in [0.05, 0.1) is 26.2 Å². The van der Waals surface area contributed by atoms with Crippen LogP contribution in [0.3, 0.4) is 0 Å². The van der Waals surface area contributed by atoms with Gasteiger partial charge in [0.25, 0.3) is 0 Å². The molecule has 0 rings (SSSR count). The number of ether oxygens (including phenoxy) is 3. The average Bonchev–Trinajstić information content (AvgIpc) is 3.39. The van der Waals surface area contributed by atoms with Crippen LogP contribution < -0.4 is 0 Å². The van der Waals surface area contributed by atoms with Crippen molar-refractivity contribution in [3.63, 3.8) is 0 Å². The summed E-state index contributed by atoms with van der Waals surface area (Å²) in [5.41, 5.74) is 0. The van der Waals surface area contributed by atoms with Gasteiger partial charge in [0.15, 0.2) is 6.10 Å². The number of hydrogen-bond acceptors (Lipinski definition) is 10. The number of esters is 3. The molecule has 0 aliphatic carbocycles. The van der Waals surface area contributed by atoms with Crippen molar-refractivity contribution >= 4 is 25.7 Å². The highest BCUT2D eigenvalue weighted by atomic mass is 31.2. The molecule has 0 radical (unpaired) electrons. The van der Waals surface area contributed by atoms with Gasteiger partial charge in [0.1, 0.15) is 12.7 Å². The van der Waals surface area contributed by atoms with E-state index in [0.717, 1.165) is 77.0 Å². The molecule has 0 aromatic rings. The van der Waals surface area contributed by atoms with E-state index in [-0.39, 0.29) is 25.9 Å². The zero-order valence-corrected chi connectivity index (χ0v) is 46.9. The lowest BCUT2D eigenvalue weighted by atomic mass is 10.0. The second-order valence-corrected chi connectivity index (χ2v) is 19.5. The number of phosphoric ester groups is 1. The Balaban J connectivity index is 4.93. The molecule has 74 heavy (non-hydrogen) atoms. The molecule has 2 N–H and O–H groups in total. The number of aliphatic hydroxyl groups excluding tert-OH is 1. The van der Waals surface area contributed by atoms with Crippen molar-refractivity contribution in [2.45, 2.75) is 213 Å². The lowest BCUT2D eigenvalue weighted by molar-refractivity contribution is -0.161. The SMILES string of the molecule is CC/C=C\C/C=C\C/C=C\C/C=C\C/C=C\C/C=C\CCC(=O)OC(COC(=O)CCCCCCCCCCCCCCC)COP(=O)(O)OCC(CO)OC(=O)C/C=C\C/C=C\C/C=C\C/C=C\C/C=C\CC. The van der Waals surface area contributed by atoms with Crippen molar-refractivity contribution in [1.29, 1.82) is 0 Å². The van der Waals surface area contributed by atoms with Crippen LogP contribution in [0.4, 0.5) is 0 Å². The number of carbonyl (C=O) groups is 3. The fourth-order valence-electron chi connectivity index (χ4n) is 6.93. The van der Waals surface area contributed by atoms with Crippen LogP contribution in [-0.4, -0.2) is 66.5 Å². The molecule has 0 aromatic heterocycles. The molecule has 0 bridgehead atoms. The minimum Gasteiger partial charge on any atom is -0.462 e. The lowest BCUT2D eigenvalue weighted by Gasteiger charge is -2.21. The molecule has 0 spiro atoms. The highest BCUT2D eigenvalue weighted by Gasteiger charge is 2.28. The molecule has 12 heteroatoms. The van der Waals surface area contributed by atoms with Crippen molar-refractivity contribution in [3.05, 3.63) is 134 Å². The normalized spacial score (nSPS) is 14.4. The van der Waals surface area contributed by atoms with Crippen LogP contribution in [0.2, 0.25) is 0 Å². The Hall–Kier alpha value is -4.38. The standard InChI is InChI=1S/C62H99O11P/c1-4-7-10-13-16-19-22-25-27-28-29-30-32-35-38-41-44-47-50-53-62(66)73-59(55-69-60(64)51-48-45-42-39-36-33-24-21-18-15-12-9-6-3)57-71-74(67,68)70-56-58(54-63)72-61(65)52-49-46-43-40-37-34-31-26-23-20-17-14-11-8-5-2/h7-8,10-11,16-17,19-20,25-27,29-31,35,37-38,40,44,46-47,49,58-59,63H,4-6,9,12-15,18,21-24,28,32-34,36,39,41-43,45,48,50-57H2,1-3H3,(H,67,68)/b10-7-,11-8-,19-16-,20-17-,27-25-,30-29-,31-26-,38-35-,40-37-,47-44-,49-46-. The topological polar surface area (TPSA) is 155 Å². The first-order valence-corrected chi connectivity index (χ1v) is 29.6. The maximum absolute atomic E-state index is 12.9. The summed E-state index contributed by atoms with van der Waals surface area (Å²) in [6.07, 6.45) is 68.9. The van der Waals surface area contributed by atoms with Crippen molar-refractivity contribution in [2.24, 2.45) is 0 Å². The number of rotatable bonds is 50. The summed E-state index contributed by atoms with van der Waals surface area (Å²) in [7, 11) is -4.80. The molecule has 0 amide bonds. The van der Waals surface area contributed by atoms with Crippen molar-refractivity contribution < 1.29 is 52.2 Å². The molecule has 0 fully saturated rings. The van der Waals surface area contributed by atoms with Crippen LogP contribution in [0, 0.1) is 0 Å². The van der Waals surface area contributed by atoms with Crippen LogP contribution in [-0.2, 0) is 42.2 Å². The van der Waals surface area contributed by atoms with Crippen LogP contribution in [0.25, 0.3) is 0 Å². The van der Waals surface area contributed by atoms with Crippen LogP contribution in [0.5, 0.6) is 0 Å². The molecule has 0 saturated carbocycles. The first-order chi connectivity index (χ1) is 36.2. The summed E-state index contributed by atoms with van der Waals surface area (Å²) < 4.78 is 39.3. The minimum absolute atomic E-state index is 0.0298. The number of phosphoric acid groups is 1. The predicted molar refractivity (Wildman–Crippen MR) is 306 cm³/mol. The third-order valence-corrected chi connectivity index (χ3v) is 12.1. The zero-order chi connectivity index (χ0) is 54.1. The van der Waals surface area contributed by atoms with E-state index in [9.17, 15) is 28.9 Å². The Bertz CT molecular complexity index is 1750. The van der Waals surface area contributed by atoms with Gasteiger partial charge in [-0.25, -0.2) is 4.57 Å². The molecule has 0 aromatic carbocycles. The Labute approximate surface area is 449 Å². The first-order valence-electron chi connectivity index (χ1n) is 28.1. The van der Waals surface area contributed by atoms with Gasteiger partial charge in [0, 0.05) is 12.8 Å². The molecule has 3 atom stereocenters. The van der Waals surface area contributed by atoms with Crippen molar-refractivity contribution in [2.75, 3.05) is 26.4 Å². The van der Waals surface area contributed by atoms with Crippen LogP contribution >= 0.6 is 7.82 Å². The zero-order valence-electron chi connectivity index (χ0n) is 46.0. The average molecular weight is 1050 g/mol. The highest BCUT2D eigenvalue weighted by molar-refractivity contribution is 7.47. The fraction of sp³-hybridized carbons (Fsp3) is 0.597. The van der Waals surface area contributed by atoms with E-state index in [1.54, 1.807) is 6.08 Å². The molecule has 0 aliphatic heterocycles. The fourth-order valence-corrected chi connectivity index (χ4v) is 7.71. The van der Waals surface area contributed by atoms with Crippen LogP contribution in [0.1, 0.15) is 201 Å². The van der Waals surface area contributed by atoms with Gasteiger partial charge < -0.3 is 24.2 Å². The number of carbonyl (C=O) groups excluding carboxylic acids is 3. The molecule has 418 valence electrons. The smallest absolute Gasteiger partial charge is 0.462 e. The summed E-state index contributed by atoms with van der Waals surface area (Å²) in [4.78, 5) is 48.4. The van der Waals surface area contributed by atoms with Gasteiger partial charge in [-0.2, -0.15) is 0 Å². The number of unbranched alkanes of at least 4 members (excludes halogenated alkanes) is 12. The molecule has 3 unspecified atom stereocenters. The quantitative estimate of drug-likeness (QED) is 0.0197. The monoisotopic (exact) mass is 1050 g/mol. The Morgan fingerprint density at radius 1 is 0.405 bits per heavy atom. The highest BCUT2D eigenvalue weighted by Crippen LogP contribution is 2.43.